The van der Waals surface area contributed by atoms with Crippen molar-refractivity contribution < 1.29 is 4.79 Å². The van der Waals surface area contributed by atoms with Gasteiger partial charge in [-0.15, -0.1) is 0 Å². The van der Waals surface area contributed by atoms with Crippen LogP contribution >= 0.6 is 0 Å². The summed E-state index contributed by atoms with van der Waals surface area (Å²) in [6, 6.07) is 0.217. The largest absolute Gasteiger partial charge is 0.334 e. The van der Waals surface area contributed by atoms with E-state index in [0.717, 1.165) is 37.5 Å². The Balaban J connectivity index is 1.67. The molecule has 1 saturated heterocycles. The second kappa shape index (κ2) is 5.79. The number of amides is 1. The normalized spacial score (nSPS) is 22.0. The molecule has 116 valence electrons. The third-order valence-electron chi connectivity index (χ3n) is 4.88. The van der Waals surface area contributed by atoms with Gasteiger partial charge in [0.15, 0.2) is 0 Å². The number of aryl methyl sites for hydroxylation is 2. The van der Waals surface area contributed by atoms with E-state index in [4.69, 9.17) is 0 Å². The molecule has 2 aliphatic rings. The zero-order chi connectivity index (χ0) is 15.0. The van der Waals surface area contributed by atoms with E-state index in [1.165, 1.54) is 24.1 Å². The van der Waals surface area contributed by atoms with Crippen LogP contribution in [0, 0.1) is 19.8 Å². The summed E-state index contributed by atoms with van der Waals surface area (Å²) in [5.41, 5.74) is 3.50. The highest BCUT2D eigenvalue weighted by atomic mass is 16.2. The molecule has 5 heteroatoms. The Labute approximate surface area is 126 Å². The second-order valence-electron chi connectivity index (χ2n) is 6.53. The van der Waals surface area contributed by atoms with Crippen LogP contribution in [0.1, 0.15) is 48.7 Å². The predicted molar refractivity (Wildman–Crippen MR) is 82.0 cm³/mol. The van der Waals surface area contributed by atoms with E-state index >= 15 is 0 Å². The molecule has 0 bridgehead atoms. The van der Waals surface area contributed by atoms with Crippen molar-refractivity contribution >= 4 is 5.91 Å². The maximum Gasteiger partial charge on any atom is 0.237 e. The fourth-order valence-electron chi connectivity index (χ4n) is 3.44. The standard InChI is InChI=1S/C16H26N4O/c1-11-16(12(2)19(3)18-11)14-5-4-8-20(14)15(21)10-17-9-13-6-7-13/h13-14,17H,4-10H2,1-3H3. The van der Waals surface area contributed by atoms with E-state index < -0.39 is 0 Å². The first-order chi connectivity index (χ1) is 10.1. The quantitative estimate of drug-likeness (QED) is 0.898. The van der Waals surface area contributed by atoms with E-state index in [0.29, 0.717) is 6.54 Å². The van der Waals surface area contributed by atoms with Crippen molar-refractivity contribution in [3.8, 4) is 0 Å². The second-order valence-corrected chi connectivity index (χ2v) is 6.53. The van der Waals surface area contributed by atoms with E-state index in [1.54, 1.807) is 0 Å². The summed E-state index contributed by atoms with van der Waals surface area (Å²) in [7, 11) is 1.98. The minimum absolute atomic E-state index is 0.217. The molecule has 1 unspecified atom stereocenters. The fraction of sp³-hybridized carbons (Fsp3) is 0.750. The smallest absolute Gasteiger partial charge is 0.237 e. The van der Waals surface area contributed by atoms with Gasteiger partial charge in [0, 0.05) is 24.8 Å². The highest BCUT2D eigenvalue weighted by Crippen LogP contribution is 2.35. The Morgan fingerprint density at radius 1 is 1.33 bits per heavy atom. The first kappa shape index (κ1) is 14.6. The van der Waals surface area contributed by atoms with Crippen LogP contribution in [0.3, 0.4) is 0 Å². The monoisotopic (exact) mass is 290 g/mol. The number of hydrogen-bond donors (Lipinski definition) is 1. The molecule has 0 radical (unpaired) electrons. The van der Waals surface area contributed by atoms with Gasteiger partial charge in [-0.3, -0.25) is 9.48 Å². The summed E-state index contributed by atoms with van der Waals surface area (Å²) in [5, 5.41) is 7.82. The van der Waals surface area contributed by atoms with Crippen LogP contribution in [0.5, 0.6) is 0 Å². The number of rotatable bonds is 5. The number of carbonyl (C=O) groups is 1. The topological polar surface area (TPSA) is 50.2 Å². The van der Waals surface area contributed by atoms with Crippen molar-refractivity contribution in [1.29, 1.82) is 0 Å². The summed E-state index contributed by atoms with van der Waals surface area (Å²) in [6.45, 7) is 6.50. The number of hydrogen-bond acceptors (Lipinski definition) is 3. The van der Waals surface area contributed by atoms with Gasteiger partial charge in [-0.25, -0.2) is 0 Å². The van der Waals surface area contributed by atoms with Gasteiger partial charge < -0.3 is 10.2 Å². The molecule has 0 aromatic carbocycles. The molecule has 1 aromatic heterocycles. The first-order valence-corrected chi connectivity index (χ1v) is 8.08. The van der Waals surface area contributed by atoms with Crippen LogP contribution < -0.4 is 5.32 Å². The third-order valence-corrected chi connectivity index (χ3v) is 4.88. The average Bonchev–Trinajstić information content (AvgIpc) is 3.07. The lowest BCUT2D eigenvalue weighted by Crippen LogP contribution is -2.38. The molecule has 0 spiro atoms. The zero-order valence-corrected chi connectivity index (χ0v) is 13.4. The van der Waals surface area contributed by atoms with E-state index in [9.17, 15) is 4.79 Å². The molecule has 1 N–H and O–H groups in total. The van der Waals surface area contributed by atoms with Gasteiger partial charge in [0.05, 0.1) is 18.3 Å². The Morgan fingerprint density at radius 3 is 2.71 bits per heavy atom. The summed E-state index contributed by atoms with van der Waals surface area (Å²) >= 11 is 0. The zero-order valence-electron chi connectivity index (χ0n) is 13.4. The first-order valence-electron chi connectivity index (χ1n) is 8.08. The molecule has 1 saturated carbocycles. The van der Waals surface area contributed by atoms with Gasteiger partial charge >= 0.3 is 0 Å². The highest BCUT2D eigenvalue weighted by molar-refractivity contribution is 5.79. The van der Waals surface area contributed by atoms with Crippen molar-refractivity contribution in [2.75, 3.05) is 19.6 Å². The van der Waals surface area contributed by atoms with Gasteiger partial charge in [0.2, 0.25) is 5.91 Å². The van der Waals surface area contributed by atoms with Crippen LogP contribution in [-0.4, -0.2) is 40.2 Å². The number of aromatic nitrogens is 2. The molecule has 2 heterocycles. The molecule has 1 aromatic rings. The molecule has 2 fully saturated rings. The minimum Gasteiger partial charge on any atom is -0.334 e. The molecule has 1 aliphatic heterocycles. The minimum atomic E-state index is 0.217. The molecule has 21 heavy (non-hydrogen) atoms. The summed E-state index contributed by atoms with van der Waals surface area (Å²) < 4.78 is 1.93. The lowest BCUT2D eigenvalue weighted by atomic mass is 10.0. The fourth-order valence-corrected chi connectivity index (χ4v) is 3.44. The van der Waals surface area contributed by atoms with Crippen molar-refractivity contribution in [2.45, 2.75) is 45.6 Å². The molecule has 3 rings (SSSR count). The maximum atomic E-state index is 12.5. The van der Waals surface area contributed by atoms with Gasteiger partial charge in [-0.05, 0) is 52.0 Å². The summed E-state index contributed by atoms with van der Waals surface area (Å²) in [5.74, 6) is 1.05. The Hall–Kier alpha value is -1.36. The molecule has 1 amide bonds. The molecule has 5 nitrogen and oxygen atoms in total. The van der Waals surface area contributed by atoms with Crippen molar-refractivity contribution in [3.05, 3.63) is 17.0 Å². The molecular weight excluding hydrogens is 264 g/mol. The SMILES string of the molecule is Cc1nn(C)c(C)c1C1CCCN1C(=O)CNCC1CC1. The Kier molecular flexibility index (Phi) is 4.02. The van der Waals surface area contributed by atoms with Crippen molar-refractivity contribution in [3.63, 3.8) is 0 Å². The van der Waals surface area contributed by atoms with Gasteiger partial charge in [-0.2, -0.15) is 5.10 Å². The van der Waals surface area contributed by atoms with Gasteiger partial charge in [0.1, 0.15) is 0 Å². The lowest BCUT2D eigenvalue weighted by molar-refractivity contribution is -0.131. The maximum absolute atomic E-state index is 12.5. The van der Waals surface area contributed by atoms with Gasteiger partial charge in [-0.1, -0.05) is 0 Å². The van der Waals surface area contributed by atoms with Crippen molar-refractivity contribution in [2.24, 2.45) is 13.0 Å². The van der Waals surface area contributed by atoms with Crippen LogP contribution in [-0.2, 0) is 11.8 Å². The summed E-state index contributed by atoms with van der Waals surface area (Å²) in [6.07, 6.45) is 4.79. The van der Waals surface area contributed by atoms with Gasteiger partial charge in [0.25, 0.3) is 0 Å². The molecule has 1 aliphatic carbocycles. The van der Waals surface area contributed by atoms with E-state index in [-0.39, 0.29) is 11.9 Å². The van der Waals surface area contributed by atoms with Crippen LogP contribution in [0.4, 0.5) is 0 Å². The number of nitrogens with one attached hydrogen (secondary N) is 1. The lowest BCUT2D eigenvalue weighted by Gasteiger charge is -2.25. The molecule has 1 atom stereocenters. The third kappa shape index (κ3) is 2.98. The number of carbonyl (C=O) groups excluding carboxylic acids is 1. The van der Waals surface area contributed by atoms with E-state index in [2.05, 4.69) is 29.2 Å². The Bertz CT molecular complexity index is 533. The average molecular weight is 290 g/mol. The number of nitrogens with zero attached hydrogens (tertiary/aromatic N) is 3. The molecular formula is C16H26N4O. The van der Waals surface area contributed by atoms with Crippen LogP contribution in [0.2, 0.25) is 0 Å². The van der Waals surface area contributed by atoms with Crippen molar-refractivity contribution in [1.82, 2.24) is 20.0 Å². The Morgan fingerprint density at radius 2 is 2.10 bits per heavy atom. The highest BCUT2D eigenvalue weighted by Gasteiger charge is 2.33. The number of likely N-dealkylation sites (tertiary alicyclic amines) is 1. The van der Waals surface area contributed by atoms with Crippen LogP contribution in [0.15, 0.2) is 0 Å². The summed E-state index contributed by atoms with van der Waals surface area (Å²) in [4.78, 5) is 14.5. The van der Waals surface area contributed by atoms with E-state index in [1.807, 2.05) is 11.7 Å². The van der Waals surface area contributed by atoms with Crippen LogP contribution in [0.25, 0.3) is 0 Å². The predicted octanol–water partition coefficient (Wildman–Crippen LogP) is 1.70.